The highest BCUT2D eigenvalue weighted by Crippen LogP contribution is 2.43. The number of aryl methyl sites for hydroxylation is 1. The lowest BCUT2D eigenvalue weighted by Gasteiger charge is -2.19. The van der Waals surface area contributed by atoms with E-state index in [0.29, 0.717) is 28.5 Å². The molecule has 2 N–H and O–H groups in total. The zero-order chi connectivity index (χ0) is 18.7. The van der Waals surface area contributed by atoms with E-state index in [4.69, 9.17) is 22.1 Å². The standard InChI is InChI=1S/C21H18ClN3O/c1-3-26-18-10-9-15(22)11-16(18)20-17(12-23)21(24)25-13(2)19(20)14-7-5-4-6-8-14/h4-11H,3H2,1-2H3,(H2,24,25). The minimum Gasteiger partial charge on any atom is -0.493 e. The van der Waals surface area contributed by atoms with Gasteiger partial charge >= 0.3 is 0 Å². The summed E-state index contributed by atoms with van der Waals surface area (Å²) < 4.78 is 5.79. The van der Waals surface area contributed by atoms with Gasteiger partial charge in [0.25, 0.3) is 0 Å². The average molecular weight is 364 g/mol. The van der Waals surface area contributed by atoms with Crippen molar-refractivity contribution in [3.05, 3.63) is 64.8 Å². The summed E-state index contributed by atoms with van der Waals surface area (Å²) in [4.78, 5) is 4.39. The molecule has 5 heteroatoms. The smallest absolute Gasteiger partial charge is 0.142 e. The average Bonchev–Trinajstić information content (AvgIpc) is 2.63. The van der Waals surface area contributed by atoms with Gasteiger partial charge in [-0.25, -0.2) is 4.98 Å². The van der Waals surface area contributed by atoms with Gasteiger partial charge < -0.3 is 10.5 Å². The summed E-state index contributed by atoms with van der Waals surface area (Å²) >= 11 is 6.26. The molecule has 26 heavy (non-hydrogen) atoms. The number of nitriles is 1. The number of rotatable bonds is 4. The van der Waals surface area contributed by atoms with E-state index in [0.717, 1.165) is 22.4 Å². The van der Waals surface area contributed by atoms with Crippen molar-refractivity contribution in [2.45, 2.75) is 13.8 Å². The van der Waals surface area contributed by atoms with Crippen LogP contribution in [0, 0.1) is 18.3 Å². The van der Waals surface area contributed by atoms with Crippen LogP contribution in [0.25, 0.3) is 22.3 Å². The summed E-state index contributed by atoms with van der Waals surface area (Å²) in [5.41, 5.74) is 10.3. The number of anilines is 1. The molecule has 3 aromatic rings. The van der Waals surface area contributed by atoms with Gasteiger partial charge in [0.2, 0.25) is 0 Å². The molecule has 0 aliphatic heterocycles. The first-order chi connectivity index (χ1) is 12.6. The van der Waals surface area contributed by atoms with Crippen molar-refractivity contribution >= 4 is 17.4 Å². The first-order valence-corrected chi connectivity index (χ1v) is 8.63. The molecule has 0 radical (unpaired) electrons. The van der Waals surface area contributed by atoms with Gasteiger partial charge in [-0.3, -0.25) is 0 Å². The Balaban J connectivity index is 2.44. The van der Waals surface area contributed by atoms with E-state index < -0.39 is 0 Å². The molecule has 130 valence electrons. The number of pyridine rings is 1. The second kappa shape index (κ2) is 7.47. The highest BCUT2D eigenvalue weighted by atomic mass is 35.5. The van der Waals surface area contributed by atoms with Gasteiger partial charge in [0.15, 0.2) is 0 Å². The van der Waals surface area contributed by atoms with E-state index in [1.807, 2.05) is 50.2 Å². The van der Waals surface area contributed by atoms with Crippen molar-refractivity contribution < 1.29 is 4.74 Å². The molecule has 0 atom stereocenters. The molecule has 0 amide bonds. The molecule has 0 unspecified atom stereocenters. The maximum atomic E-state index is 9.77. The Kier molecular flexibility index (Phi) is 5.11. The van der Waals surface area contributed by atoms with Gasteiger partial charge in [-0.1, -0.05) is 41.9 Å². The number of benzene rings is 2. The fourth-order valence-electron chi connectivity index (χ4n) is 3.05. The number of nitrogen functional groups attached to an aromatic ring is 1. The lowest BCUT2D eigenvalue weighted by Crippen LogP contribution is -2.04. The molecule has 3 rings (SSSR count). The Morgan fingerprint density at radius 2 is 1.88 bits per heavy atom. The number of nitrogens with two attached hydrogens (primary N) is 1. The molecule has 0 aliphatic carbocycles. The van der Waals surface area contributed by atoms with Crippen LogP contribution in [-0.4, -0.2) is 11.6 Å². The Morgan fingerprint density at radius 1 is 1.15 bits per heavy atom. The molecule has 0 spiro atoms. The van der Waals surface area contributed by atoms with Gasteiger partial charge in [-0.2, -0.15) is 5.26 Å². The minimum absolute atomic E-state index is 0.196. The Bertz CT molecular complexity index is 994. The van der Waals surface area contributed by atoms with Crippen molar-refractivity contribution in [3.8, 4) is 34.1 Å². The van der Waals surface area contributed by atoms with Crippen LogP contribution in [-0.2, 0) is 0 Å². The van der Waals surface area contributed by atoms with Crippen LogP contribution in [0.5, 0.6) is 5.75 Å². The number of hydrogen-bond donors (Lipinski definition) is 1. The molecular formula is C21H18ClN3O. The molecule has 1 aromatic heterocycles. The third-order valence-corrected chi connectivity index (χ3v) is 4.33. The maximum absolute atomic E-state index is 9.77. The molecule has 0 bridgehead atoms. The Morgan fingerprint density at radius 3 is 2.54 bits per heavy atom. The van der Waals surface area contributed by atoms with Gasteiger partial charge in [0.1, 0.15) is 23.2 Å². The molecule has 0 fully saturated rings. The summed E-state index contributed by atoms with van der Waals surface area (Å²) in [6.07, 6.45) is 0. The van der Waals surface area contributed by atoms with E-state index in [1.54, 1.807) is 12.1 Å². The lowest BCUT2D eigenvalue weighted by atomic mass is 9.89. The summed E-state index contributed by atoms with van der Waals surface area (Å²) in [5.74, 6) is 0.845. The van der Waals surface area contributed by atoms with Gasteiger partial charge in [0.05, 0.1) is 6.61 Å². The van der Waals surface area contributed by atoms with Crippen LogP contribution in [0.3, 0.4) is 0 Å². The third-order valence-electron chi connectivity index (χ3n) is 4.09. The van der Waals surface area contributed by atoms with Crippen molar-refractivity contribution in [2.75, 3.05) is 12.3 Å². The van der Waals surface area contributed by atoms with E-state index in [9.17, 15) is 5.26 Å². The summed E-state index contributed by atoms with van der Waals surface area (Å²) in [7, 11) is 0. The maximum Gasteiger partial charge on any atom is 0.142 e. The topological polar surface area (TPSA) is 71.9 Å². The highest BCUT2D eigenvalue weighted by molar-refractivity contribution is 6.31. The highest BCUT2D eigenvalue weighted by Gasteiger charge is 2.22. The minimum atomic E-state index is 0.196. The number of hydrogen-bond acceptors (Lipinski definition) is 4. The fourth-order valence-corrected chi connectivity index (χ4v) is 3.22. The fraction of sp³-hybridized carbons (Fsp3) is 0.143. The lowest BCUT2D eigenvalue weighted by molar-refractivity contribution is 0.341. The molecule has 4 nitrogen and oxygen atoms in total. The zero-order valence-corrected chi connectivity index (χ0v) is 15.3. The van der Waals surface area contributed by atoms with Crippen LogP contribution in [0.4, 0.5) is 5.82 Å². The van der Waals surface area contributed by atoms with Crippen molar-refractivity contribution in [1.82, 2.24) is 4.98 Å². The normalized spacial score (nSPS) is 10.4. The van der Waals surface area contributed by atoms with Crippen molar-refractivity contribution in [2.24, 2.45) is 0 Å². The zero-order valence-electron chi connectivity index (χ0n) is 14.6. The summed E-state index contributed by atoms with van der Waals surface area (Å²) in [5, 5.41) is 10.3. The van der Waals surface area contributed by atoms with E-state index >= 15 is 0 Å². The van der Waals surface area contributed by atoms with Crippen molar-refractivity contribution in [1.29, 1.82) is 5.26 Å². The Labute approximate surface area is 157 Å². The van der Waals surface area contributed by atoms with Crippen LogP contribution in [0.1, 0.15) is 18.2 Å². The quantitative estimate of drug-likeness (QED) is 0.688. The van der Waals surface area contributed by atoms with Gasteiger partial charge in [-0.05, 0) is 37.6 Å². The predicted octanol–water partition coefficient (Wildman–Crippen LogP) is 5.23. The number of aromatic nitrogens is 1. The second-order valence-corrected chi connectivity index (χ2v) is 6.20. The molecule has 0 aliphatic rings. The van der Waals surface area contributed by atoms with E-state index in [2.05, 4.69) is 11.1 Å². The largest absolute Gasteiger partial charge is 0.493 e. The van der Waals surface area contributed by atoms with Crippen LogP contribution < -0.4 is 10.5 Å². The Hall–Kier alpha value is -3.03. The van der Waals surface area contributed by atoms with Crippen molar-refractivity contribution in [3.63, 3.8) is 0 Å². The third kappa shape index (κ3) is 3.22. The SMILES string of the molecule is CCOc1ccc(Cl)cc1-c1c(C#N)c(N)nc(C)c1-c1ccccc1. The van der Waals surface area contributed by atoms with Gasteiger partial charge in [-0.15, -0.1) is 0 Å². The molecule has 1 heterocycles. The van der Waals surface area contributed by atoms with Crippen LogP contribution in [0.15, 0.2) is 48.5 Å². The summed E-state index contributed by atoms with van der Waals surface area (Å²) in [6.45, 7) is 4.29. The van der Waals surface area contributed by atoms with Crippen LogP contribution >= 0.6 is 11.6 Å². The molecule has 0 saturated heterocycles. The number of ether oxygens (including phenoxy) is 1. The number of nitrogens with zero attached hydrogens (tertiary/aromatic N) is 2. The molecule has 2 aromatic carbocycles. The molecular weight excluding hydrogens is 346 g/mol. The monoisotopic (exact) mass is 363 g/mol. The van der Waals surface area contributed by atoms with E-state index in [-0.39, 0.29) is 5.82 Å². The first-order valence-electron chi connectivity index (χ1n) is 8.25. The van der Waals surface area contributed by atoms with Gasteiger partial charge in [0, 0.05) is 27.4 Å². The number of halogens is 1. The first kappa shape index (κ1) is 17.8. The molecule has 0 saturated carbocycles. The van der Waals surface area contributed by atoms with E-state index in [1.165, 1.54) is 0 Å². The van der Waals surface area contributed by atoms with Crippen LogP contribution in [0.2, 0.25) is 5.02 Å². The second-order valence-electron chi connectivity index (χ2n) is 5.76. The summed E-state index contributed by atoms with van der Waals surface area (Å²) in [6, 6.07) is 17.4. The predicted molar refractivity (Wildman–Crippen MR) is 105 cm³/mol.